The number of guanidine groups is 1. The number of fused-ring (bicyclic) bond motifs is 1. The first kappa shape index (κ1) is 23.0. The maximum atomic E-state index is 9.52. The molecular weight excluding hydrogens is 448 g/mol. The lowest BCUT2D eigenvalue weighted by Gasteiger charge is -2.26. The van der Waals surface area contributed by atoms with Crippen LogP contribution >= 0.6 is 0 Å². The smallest absolute Gasteiger partial charge is 0.211 e. The first-order valence-electron chi connectivity index (χ1n) is 10.4. The van der Waals surface area contributed by atoms with Gasteiger partial charge in [0.05, 0.1) is 19.9 Å². The summed E-state index contributed by atoms with van der Waals surface area (Å²) in [6.45, 7) is 0.202. The Kier molecular flexibility index (Phi) is 6.42. The van der Waals surface area contributed by atoms with Crippen molar-refractivity contribution in [3.8, 4) is 29.5 Å². The van der Waals surface area contributed by atoms with Gasteiger partial charge in [0, 0.05) is 17.2 Å². The van der Waals surface area contributed by atoms with E-state index < -0.39 is 6.04 Å². The van der Waals surface area contributed by atoms with Gasteiger partial charge in [0.2, 0.25) is 5.96 Å². The number of benzene rings is 2. The molecule has 0 radical (unpaired) electrons. The van der Waals surface area contributed by atoms with Crippen molar-refractivity contribution in [2.45, 2.75) is 12.6 Å². The van der Waals surface area contributed by atoms with E-state index in [1.807, 2.05) is 42.6 Å². The van der Waals surface area contributed by atoms with Gasteiger partial charge in [-0.1, -0.05) is 12.1 Å². The first-order chi connectivity index (χ1) is 17.0. The highest BCUT2D eigenvalue weighted by molar-refractivity contribution is 5.98. The summed E-state index contributed by atoms with van der Waals surface area (Å²) in [4.78, 5) is 8.86. The number of methoxy groups -OCH3 is 2. The van der Waals surface area contributed by atoms with Crippen LogP contribution in [0.2, 0.25) is 0 Å². The second-order valence-electron chi connectivity index (χ2n) is 7.44. The summed E-state index contributed by atoms with van der Waals surface area (Å²) in [5, 5.41) is 24.0. The minimum Gasteiger partial charge on any atom is -0.497 e. The molecule has 0 aliphatic carbocycles. The summed E-state index contributed by atoms with van der Waals surface area (Å²) in [7, 11) is 3.16. The van der Waals surface area contributed by atoms with E-state index in [2.05, 4.69) is 20.6 Å². The monoisotopic (exact) mass is 470 g/mol. The van der Waals surface area contributed by atoms with Crippen LogP contribution in [0, 0.1) is 22.8 Å². The Hall–Kier alpha value is -5.16. The number of pyridine rings is 1. The summed E-state index contributed by atoms with van der Waals surface area (Å²) < 4.78 is 16.7. The number of nitrogens with two attached hydrogens (primary N) is 2. The fourth-order valence-corrected chi connectivity index (χ4v) is 3.76. The van der Waals surface area contributed by atoms with Gasteiger partial charge in [0.1, 0.15) is 53.2 Å². The van der Waals surface area contributed by atoms with Crippen LogP contribution in [0.3, 0.4) is 0 Å². The van der Waals surface area contributed by atoms with Crippen molar-refractivity contribution < 1.29 is 14.2 Å². The average Bonchev–Trinajstić information content (AvgIpc) is 2.87. The third-order valence-corrected chi connectivity index (χ3v) is 5.41. The second-order valence-corrected chi connectivity index (χ2v) is 7.44. The number of nitrogens with one attached hydrogen (secondary N) is 2. The molecule has 35 heavy (non-hydrogen) atoms. The molecule has 11 heteroatoms. The van der Waals surface area contributed by atoms with Crippen LogP contribution in [0.5, 0.6) is 17.2 Å². The molecule has 6 N–H and O–H groups in total. The van der Waals surface area contributed by atoms with E-state index in [-0.39, 0.29) is 29.6 Å². The fraction of sp³-hybridized carbons (Fsp3) is 0.167. The van der Waals surface area contributed by atoms with E-state index in [4.69, 9.17) is 30.9 Å². The molecule has 0 spiro atoms. The van der Waals surface area contributed by atoms with Crippen LogP contribution < -0.4 is 36.3 Å². The number of ether oxygens (including phenoxy) is 3. The number of nitrogens with zero attached hydrogens (tertiary/aromatic N) is 4. The molecule has 0 bridgehead atoms. The minimum atomic E-state index is -0.677. The van der Waals surface area contributed by atoms with E-state index in [1.165, 1.54) is 0 Å². The Morgan fingerprint density at radius 2 is 1.89 bits per heavy atom. The lowest BCUT2D eigenvalue weighted by atomic mass is 9.94. The normalized spacial score (nSPS) is 13.8. The molecule has 0 saturated carbocycles. The van der Waals surface area contributed by atoms with E-state index in [0.717, 1.165) is 11.1 Å². The van der Waals surface area contributed by atoms with Gasteiger partial charge in [-0.25, -0.2) is 9.98 Å². The van der Waals surface area contributed by atoms with Crippen LogP contribution in [0.25, 0.3) is 0 Å². The number of nitriles is 2. The molecule has 0 saturated heterocycles. The van der Waals surface area contributed by atoms with Gasteiger partial charge >= 0.3 is 0 Å². The molecule has 1 aliphatic heterocycles. The third kappa shape index (κ3) is 4.51. The van der Waals surface area contributed by atoms with E-state index in [9.17, 15) is 5.26 Å². The largest absolute Gasteiger partial charge is 0.497 e. The molecular formula is C24H22N8O3. The highest BCUT2D eigenvalue weighted by atomic mass is 16.5. The first-order valence-corrected chi connectivity index (χ1v) is 10.4. The van der Waals surface area contributed by atoms with Crippen molar-refractivity contribution in [2.24, 2.45) is 4.99 Å². The number of aliphatic imine (C=N–C) groups is 1. The van der Waals surface area contributed by atoms with E-state index in [1.54, 1.807) is 26.4 Å². The Balaban J connectivity index is 1.76. The van der Waals surface area contributed by atoms with E-state index in [0.29, 0.717) is 28.6 Å². The molecule has 3 aromatic rings. The minimum absolute atomic E-state index is 0.0182. The quantitative estimate of drug-likeness (QED) is 0.309. The lowest BCUT2D eigenvalue weighted by molar-refractivity contribution is 0.294. The summed E-state index contributed by atoms with van der Waals surface area (Å²) in [6.07, 6.45) is 1.83. The molecule has 0 amide bonds. The molecule has 1 unspecified atom stereocenters. The number of aromatic nitrogens is 1. The Bertz CT molecular complexity index is 1390. The van der Waals surface area contributed by atoms with Crippen molar-refractivity contribution >= 4 is 23.3 Å². The number of rotatable bonds is 6. The summed E-state index contributed by atoms with van der Waals surface area (Å²) in [5.41, 5.74) is 14.4. The second kappa shape index (κ2) is 9.77. The van der Waals surface area contributed by atoms with Crippen molar-refractivity contribution in [2.75, 3.05) is 31.0 Å². The predicted molar refractivity (Wildman–Crippen MR) is 130 cm³/mol. The maximum absolute atomic E-state index is 9.52. The average molecular weight is 470 g/mol. The Labute approximate surface area is 201 Å². The highest BCUT2D eigenvalue weighted by Crippen LogP contribution is 2.41. The van der Waals surface area contributed by atoms with Crippen LogP contribution in [0.4, 0.5) is 17.3 Å². The van der Waals surface area contributed by atoms with Crippen LogP contribution in [0.1, 0.15) is 28.3 Å². The SMILES string of the molecule is COc1cccc(OCc2cc(C3N=C(NC#N)Nc4nc(N)c(C#N)c(N)c43)ccc2OC)c1. The number of hydrogen-bond donors (Lipinski definition) is 4. The fourth-order valence-electron chi connectivity index (χ4n) is 3.76. The highest BCUT2D eigenvalue weighted by Gasteiger charge is 2.30. The van der Waals surface area contributed by atoms with Crippen molar-refractivity contribution in [3.05, 3.63) is 64.7 Å². The van der Waals surface area contributed by atoms with Gasteiger partial charge < -0.3 is 31.0 Å². The molecule has 0 fully saturated rings. The number of hydrogen-bond acceptors (Lipinski definition) is 11. The molecule has 4 rings (SSSR count). The zero-order valence-electron chi connectivity index (χ0n) is 19.0. The number of anilines is 3. The Morgan fingerprint density at radius 1 is 1.09 bits per heavy atom. The predicted octanol–water partition coefficient (Wildman–Crippen LogP) is 2.66. The zero-order chi connectivity index (χ0) is 24.9. The maximum Gasteiger partial charge on any atom is 0.211 e. The summed E-state index contributed by atoms with van der Waals surface area (Å²) in [5.74, 6) is 2.39. The molecule has 1 atom stereocenters. The van der Waals surface area contributed by atoms with Gasteiger partial charge in [-0.3, -0.25) is 5.32 Å². The summed E-state index contributed by atoms with van der Waals surface area (Å²) >= 11 is 0. The van der Waals surface area contributed by atoms with Crippen LogP contribution in [-0.4, -0.2) is 25.2 Å². The topological polar surface area (TPSA) is 177 Å². The molecule has 2 aromatic carbocycles. The molecule has 1 aliphatic rings. The molecule has 2 heterocycles. The molecule has 176 valence electrons. The van der Waals surface area contributed by atoms with Crippen molar-refractivity contribution in [3.63, 3.8) is 0 Å². The third-order valence-electron chi connectivity index (χ3n) is 5.41. The van der Waals surface area contributed by atoms with Gasteiger partial charge in [0.25, 0.3) is 0 Å². The van der Waals surface area contributed by atoms with Gasteiger partial charge in [-0.2, -0.15) is 10.5 Å². The van der Waals surface area contributed by atoms with Gasteiger partial charge in [-0.05, 0) is 29.8 Å². The van der Waals surface area contributed by atoms with E-state index >= 15 is 0 Å². The molecule has 1 aromatic heterocycles. The van der Waals surface area contributed by atoms with Crippen LogP contribution in [-0.2, 0) is 6.61 Å². The van der Waals surface area contributed by atoms with Crippen molar-refractivity contribution in [1.29, 1.82) is 10.5 Å². The number of nitrogen functional groups attached to an aromatic ring is 2. The Morgan fingerprint density at radius 3 is 2.60 bits per heavy atom. The summed E-state index contributed by atoms with van der Waals surface area (Å²) in [6, 6.07) is 14.1. The lowest BCUT2D eigenvalue weighted by Crippen LogP contribution is -2.32. The van der Waals surface area contributed by atoms with Gasteiger partial charge in [0.15, 0.2) is 6.19 Å². The van der Waals surface area contributed by atoms with Gasteiger partial charge in [-0.15, -0.1) is 0 Å². The zero-order valence-corrected chi connectivity index (χ0v) is 19.0. The van der Waals surface area contributed by atoms with Crippen molar-refractivity contribution in [1.82, 2.24) is 10.3 Å². The van der Waals surface area contributed by atoms with Crippen LogP contribution in [0.15, 0.2) is 47.5 Å². The molecule has 11 nitrogen and oxygen atoms in total. The standard InChI is InChI=1S/C24H22N8O3/c1-33-15-4-3-5-16(9-15)35-11-14-8-13(6-7-18(14)34-2)21-19-20(27)17(10-25)22(28)31-23(19)32-24(30-21)29-12-26/h3-9,21H,11H2,1-2H3,(H6,27,28,29,30,31,32).